The van der Waals surface area contributed by atoms with E-state index < -0.39 is 0 Å². The second-order valence-electron chi connectivity index (χ2n) is 4.42. The molecule has 1 aromatic carbocycles. The Bertz CT molecular complexity index is 661. The van der Waals surface area contributed by atoms with Gasteiger partial charge in [0.25, 0.3) is 0 Å². The Hall–Kier alpha value is -1.95. The van der Waals surface area contributed by atoms with Crippen molar-refractivity contribution >= 4 is 17.6 Å². The molecule has 1 aliphatic heterocycles. The second-order valence-corrected chi connectivity index (χ2v) is 5.41. The number of methoxy groups -OCH3 is 2. The van der Waals surface area contributed by atoms with Crippen molar-refractivity contribution in [1.29, 1.82) is 0 Å². The largest absolute Gasteiger partial charge is 0.493 e. The number of benzene rings is 1. The zero-order valence-electron chi connectivity index (χ0n) is 11.3. The minimum Gasteiger partial charge on any atom is -0.493 e. The number of anilines is 1. The van der Waals surface area contributed by atoms with Gasteiger partial charge in [-0.3, -0.25) is 0 Å². The van der Waals surface area contributed by atoms with Crippen LogP contribution in [0.4, 0.5) is 5.82 Å². The summed E-state index contributed by atoms with van der Waals surface area (Å²) in [5, 5.41) is 0. The van der Waals surface area contributed by atoms with E-state index >= 15 is 0 Å². The summed E-state index contributed by atoms with van der Waals surface area (Å²) < 4.78 is 10.5. The number of thioether (sulfide) groups is 1. The van der Waals surface area contributed by atoms with E-state index in [9.17, 15) is 0 Å². The van der Waals surface area contributed by atoms with Crippen LogP contribution in [0.3, 0.4) is 0 Å². The predicted octanol–water partition coefficient (Wildman–Crippen LogP) is 2.49. The molecule has 1 aliphatic rings. The van der Waals surface area contributed by atoms with Crippen LogP contribution in [-0.4, -0.2) is 24.2 Å². The molecule has 0 radical (unpaired) electrons. The highest BCUT2D eigenvalue weighted by Crippen LogP contribution is 2.35. The van der Waals surface area contributed by atoms with Gasteiger partial charge in [-0.25, -0.2) is 9.97 Å². The standard InChI is InChI=1S/C14H15N3O2S/c1-18-11-4-3-8(5-12(11)19-2)14-16-10-7-20-6-9(10)13(15)17-14/h3-5H,6-7H2,1-2H3,(H2,15,16,17). The first kappa shape index (κ1) is 13.1. The maximum atomic E-state index is 6.02. The molecule has 0 bridgehead atoms. The van der Waals surface area contributed by atoms with Crippen molar-refractivity contribution in [2.24, 2.45) is 0 Å². The lowest BCUT2D eigenvalue weighted by atomic mass is 10.1. The van der Waals surface area contributed by atoms with Gasteiger partial charge in [0.2, 0.25) is 0 Å². The van der Waals surface area contributed by atoms with Gasteiger partial charge in [-0.15, -0.1) is 0 Å². The van der Waals surface area contributed by atoms with Crippen molar-refractivity contribution in [3.05, 3.63) is 29.5 Å². The summed E-state index contributed by atoms with van der Waals surface area (Å²) in [6, 6.07) is 5.61. The molecule has 0 atom stereocenters. The predicted molar refractivity (Wildman–Crippen MR) is 80.0 cm³/mol. The Morgan fingerprint density at radius 2 is 1.90 bits per heavy atom. The van der Waals surface area contributed by atoms with E-state index in [0.29, 0.717) is 23.1 Å². The summed E-state index contributed by atoms with van der Waals surface area (Å²) in [6.45, 7) is 0. The Morgan fingerprint density at radius 3 is 2.65 bits per heavy atom. The monoisotopic (exact) mass is 289 g/mol. The Balaban J connectivity index is 2.07. The fraction of sp³-hybridized carbons (Fsp3) is 0.286. The molecule has 0 spiro atoms. The van der Waals surface area contributed by atoms with Gasteiger partial charge in [0.05, 0.1) is 19.9 Å². The van der Waals surface area contributed by atoms with Gasteiger partial charge >= 0.3 is 0 Å². The maximum absolute atomic E-state index is 6.02. The molecule has 20 heavy (non-hydrogen) atoms. The summed E-state index contributed by atoms with van der Waals surface area (Å²) in [4.78, 5) is 9.01. The second kappa shape index (κ2) is 5.20. The van der Waals surface area contributed by atoms with E-state index in [-0.39, 0.29) is 0 Å². The Morgan fingerprint density at radius 1 is 1.10 bits per heavy atom. The topological polar surface area (TPSA) is 70.3 Å². The van der Waals surface area contributed by atoms with Crippen molar-refractivity contribution in [1.82, 2.24) is 9.97 Å². The molecule has 6 heteroatoms. The zero-order chi connectivity index (χ0) is 14.1. The van der Waals surface area contributed by atoms with Crippen molar-refractivity contribution in [2.45, 2.75) is 11.5 Å². The van der Waals surface area contributed by atoms with Gasteiger partial charge in [0.1, 0.15) is 5.82 Å². The summed E-state index contributed by atoms with van der Waals surface area (Å²) in [6.07, 6.45) is 0. The highest BCUT2D eigenvalue weighted by atomic mass is 32.2. The summed E-state index contributed by atoms with van der Waals surface area (Å²) in [7, 11) is 3.22. The third kappa shape index (κ3) is 2.16. The van der Waals surface area contributed by atoms with Crippen molar-refractivity contribution < 1.29 is 9.47 Å². The van der Waals surface area contributed by atoms with Crippen LogP contribution in [0.15, 0.2) is 18.2 Å². The lowest BCUT2D eigenvalue weighted by Crippen LogP contribution is -2.03. The fourth-order valence-electron chi connectivity index (χ4n) is 2.18. The molecule has 5 nitrogen and oxygen atoms in total. The van der Waals surface area contributed by atoms with E-state index in [1.54, 1.807) is 14.2 Å². The Labute approximate surface area is 121 Å². The minimum absolute atomic E-state index is 0.574. The van der Waals surface area contributed by atoms with Crippen molar-refractivity contribution in [3.8, 4) is 22.9 Å². The molecule has 0 saturated carbocycles. The third-order valence-electron chi connectivity index (χ3n) is 3.25. The quantitative estimate of drug-likeness (QED) is 0.936. The van der Waals surface area contributed by atoms with Crippen LogP contribution in [-0.2, 0) is 11.5 Å². The van der Waals surface area contributed by atoms with E-state index in [4.69, 9.17) is 15.2 Å². The molecule has 0 unspecified atom stereocenters. The van der Waals surface area contributed by atoms with Gasteiger partial charge in [-0.2, -0.15) is 11.8 Å². The van der Waals surface area contributed by atoms with E-state index in [2.05, 4.69) is 9.97 Å². The minimum atomic E-state index is 0.574. The number of rotatable bonds is 3. The molecule has 0 amide bonds. The first-order valence-electron chi connectivity index (χ1n) is 6.18. The first-order valence-corrected chi connectivity index (χ1v) is 7.34. The van der Waals surface area contributed by atoms with Gasteiger partial charge in [-0.1, -0.05) is 0 Å². The third-order valence-corrected chi connectivity index (χ3v) is 4.22. The zero-order valence-corrected chi connectivity index (χ0v) is 12.2. The molecule has 2 N–H and O–H groups in total. The van der Waals surface area contributed by atoms with Crippen molar-refractivity contribution in [3.63, 3.8) is 0 Å². The van der Waals surface area contributed by atoms with Gasteiger partial charge in [0.15, 0.2) is 17.3 Å². The normalized spacial score (nSPS) is 13.1. The van der Waals surface area contributed by atoms with E-state index in [1.807, 2.05) is 30.0 Å². The van der Waals surface area contributed by atoms with Gasteiger partial charge < -0.3 is 15.2 Å². The van der Waals surface area contributed by atoms with E-state index in [0.717, 1.165) is 28.3 Å². The van der Waals surface area contributed by atoms with Crippen LogP contribution in [0.2, 0.25) is 0 Å². The molecular weight excluding hydrogens is 274 g/mol. The van der Waals surface area contributed by atoms with Crippen LogP contribution >= 0.6 is 11.8 Å². The number of nitrogens with two attached hydrogens (primary N) is 1. The molecular formula is C14H15N3O2S. The molecule has 2 aromatic rings. The van der Waals surface area contributed by atoms with Crippen LogP contribution in [0, 0.1) is 0 Å². The van der Waals surface area contributed by atoms with Crippen LogP contribution in [0.1, 0.15) is 11.3 Å². The highest BCUT2D eigenvalue weighted by molar-refractivity contribution is 7.98. The number of aromatic nitrogens is 2. The first-order chi connectivity index (χ1) is 9.72. The van der Waals surface area contributed by atoms with Crippen LogP contribution in [0.25, 0.3) is 11.4 Å². The average molecular weight is 289 g/mol. The van der Waals surface area contributed by atoms with Gasteiger partial charge in [0, 0.05) is 22.6 Å². The smallest absolute Gasteiger partial charge is 0.161 e. The average Bonchev–Trinajstić information content (AvgIpc) is 2.95. The molecule has 2 heterocycles. The van der Waals surface area contributed by atoms with E-state index in [1.165, 1.54) is 0 Å². The molecule has 0 fully saturated rings. The number of nitrogens with zero attached hydrogens (tertiary/aromatic N) is 2. The highest BCUT2D eigenvalue weighted by Gasteiger charge is 2.19. The number of fused-ring (bicyclic) bond motifs is 1. The molecule has 104 valence electrons. The van der Waals surface area contributed by atoms with Crippen LogP contribution in [0.5, 0.6) is 11.5 Å². The van der Waals surface area contributed by atoms with Crippen LogP contribution < -0.4 is 15.2 Å². The lowest BCUT2D eigenvalue weighted by Gasteiger charge is -2.10. The Kier molecular flexibility index (Phi) is 3.40. The number of nitrogen functional groups attached to an aromatic ring is 1. The maximum Gasteiger partial charge on any atom is 0.161 e. The molecule has 0 aliphatic carbocycles. The molecule has 0 saturated heterocycles. The number of hydrogen-bond acceptors (Lipinski definition) is 6. The summed E-state index contributed by atoms with van der Waals surface area (Å²) in [5.41, 5.74) is 8.99. The molecule has 1 aromatic heterocycles. The number of hydrogen-bond donors (Lipinski definition) is 1. The fourth-order valence-corrected chi connectivity index (χ4v) is 3.23. The summed E-state index contributed by atoms with van der Waals surface area (Å²) in [5.74, 6) is 4.33. The van der Waals surface area contributed by atoms with Crippen molar-refractivity contribution in [2.75, 3.05) is 20.0 Å². The van der Waals surface area contributed by atoms with Gasteiger partial charge in [-0.05, 0) is 18.2 Å². The lowest BCUT2D eigenvalue weighted by molar-refractivity contribution is 0.355. The summed E-state index contributed by atoms with van der Waals surface area (Å²) >= 11 is 1.81. The number of ether oxygens (including phenoxy) is 2. The SMILES string of the molecule is COc1ccc(-c2nc(N)c3c(n2)CSC3)cc1OC. The molecule has 3 rings (SSSR count).